The lowest BCUT2D eigenvalue weighted by atomic mass is 9.99. The summed E-state index contributed by atoms with van der Waals surface area (Å²) in [6, 6.07) is 0. The highest BCUT2D eigenvalue weighted by Gasteiger charge is 2.26. The van der Waals surface area contributed by atoms with Crippen molar-refractivity contribution in [1.82, 2.24) is 9.03 Å². The summed E-state index contributed by atoms with van der Waals surface area (Å²) in [6.07, 6.45) is 5.07. The molecule has 5 nitrogen and oxygen atoms in total. The minimum Gasteiger partial charge on any atom is -0.381 e. The van der Waals surface area contributed by atoms with Crippen molar-refractivity contribution in [2.75, 3.05) is 32.8 Å². The van der Waals surface area contributed by atoms with Gasteiger partial charge in [0, 0.05) is 32.8 Å². The molecule has 0 amide bonds. The predicted octanol–water partition coefficient (Wildman–Crippen LogP) is 1.37. The highest BCUT2D eigenvalue weighted by atomic mass is 32.2. The van der Waals surface area contributed by atoms with Gasteiger partial charge in [-0.15, -0.1) is 0 Å². The Morgan fingerprint density at radius 2 is 2.00 bits per heavy atom. The van der Waals surface area contributed by atoms with E-state index < -0.39 is 10.2 Å². The highest BCUT2D eigenvalue weighted by Crippen LogP contribution is 2.19. The summed E-state index contributed by atoms with van der Waals surface area (Å²) < 4.78 is 34.0. The zero-order chi connectivity index (χ0) is 13.7. The van der Waals surface area contributed by atoms with Crippen LogP contribution in [0.25, 0.3) is 0 Å². The average Bonchev–Trinajstić information content (AvgIpc) is 2.40. The van der Waals surface area contributed by atoms with E-state index in [1.54, 1.807) is 4.31 Å². The number of rotatable bonds is 5. The molecule has 6 heteroatoms. The van der Waals surface area contributed by atoms with Crippen LogP contribution < -0.4 is 4.72 Å². The smallest absolute Gasteiger partial charge is 0.279 e. The molecule has 0 aromatic carbocycles. The second-order valence-electron chi connectivity index (χ2n) is 5.85. The van der Waals surface area contributed by atoms with Crippen molar-refractivity contribution < 1.29 is 13.2 Å². The second kappa shape index (κ2) is 7.02. The van der Waals surface area contributed by atoms with E-state index in [1.807, 2.05) is 0 Å². The van der Waals surface area contributed by atoms with Gasteiger partial charge < -0.3 is 4.74 Å². The molecule has 0 aromatic rings. The second-order valence-corrected chi connectivity index (χ2v) is 7.61. The summed E-state index contributed by atoms with van der Waals surface area (Å²) in [5.74, 6) is 1.16. The van der Waals surface area contributed by atoms with Crippen LogP contribution in [0.3, 0.4) is 0 Å². The summed E-state index contributed by atoms with van der Waals surface area (Å²) in [7, 11) is -3.27. The third-order valence-corrected chi connectivity index (χ3v) is 5.79. The Bertz CT molecular complexity index is 358. The molecular formula is C13H26N2O3S. The van der Waals surface area contributed by atoms with E-state index in [9.17, 15) is 8.42 Å². The lowest BCUT2D eigenvalue weighted by molar-refractivity contribution is 0.0522. The molecule has 0 spiro atoms. The third-order valence-electron chi connectivity index (χ3n) is 4.17. The molecule has 0 bridgehead atoms. The average molecular weight is 290 g/mol. The van der Waals surface area contributed by atoms with Crippen LogP contribution in [-0.4, -0.2) is 45.6 Å². The maximum Gasteiger partial charge on any atom is 0.279 e. The Morgan fingerprint density at radius 1 is 1.26 bits per heavy atom. The Balaban J connectivity index is 1.71. The summed E-state index contributed by atoms with van der Waals surface area (Å²) in [4.78, 5) is 0. The van der Waals surface area contributed by atoms with Crippen LogP contribution >= 0.6 is 0 Å². The maximum atomic E-state index is 12.1. The first-order valence-corrected chi connectivity index (χ1v) is 8.84. The zero-order valence-electron chi connectivity index (χ0n) is 11.8. The number of hydrogen-bond donors (Lipinski definition) is 1. The molecule has 1 atom stereocenters. The van der Waals surface area contributed by atoms with Crippen molar-refractivity contribution in [1.29, 1.82) is 0 Å². The van der Waals surface area contributed by atoms with Gasteiger partial charge in [0.15, 0.2) is 0 Å². The monoisotopic (exact) mass is 290 g/mol. The summed E-state index contributed by atoms with van der Waals surface area (Å²) in [5.41, 5.74) is 0. The molecule has 19 heavy (non-hydrogen) atoms. The van der Waals surface area contributed by atoms with Crippen LogP contribution in [0.2, 0.25) is 0 Å². The molecule has 0 radical (unpaired) electrons. The zero-order valence-corrected chi connectivity index (χ0v) is 12.6. The van der Waals surface area contributed by atoms with Gasteiger partial charge in [-0.2, -0.15) is 12.7 Å². The summed E-state index contributed by atoms with van der Waals surface area (Å²) >= 11 is 0. The number of ether oxygens (including phenoxy) is 1. The van der Waals surface area contributed by atoms with E-state index in [4.69, 9.17) is 4.74 Å². The number of hydrogen-bond acceptors (Lipinski definition) is 3. The predicted molar refractivity (Wildman–Crippen MR) is 75.1 cm³/mol. The highest BCUT2D eigenvalue weighted by molar-refractivity contribution is 7.87. The molecular weight excluding hydrogens is 264 g/mol. The Kier molecular flexibility index (Phi) is 5.62. The van der Waals surface area contributed by atoms with Crippen LogP contribution in [0, 0.1) is 11.8 Å². The summed E-state index contributed by atoms with van der Waals surface area (Å²) in [6.45, 7) is 5.66. The van der Waals surface area contributed by atoms with E-state index in [-0.39, 0.29) is 0 Å². The number of piperidine rings is 1. The SMILES string of the molecule is CC1CCN(S(=O)(=O)NCCC2CCCOC2)CC1. The quantitative estimate of drug-likeness (QED) is 0.832. The normalized spacial score (nSPS) is 27.5. The van der Waals surface area contributed by atoms with E-state index >= 15 is 0 Å². The molecule has 2 fully saturated rings. The molecule has 2 heterocycles. The molecule has 1 unspecified atom stereocenters. The largest absolute Gasteiger partial charge is 0.381 e. The summed E-state index contributed by atoms with van der Waals surface area (Å²) in [5, 5.41) is 0. The van der Waals surface area contributed by atoms with Crippen LogP contribution in [-0.2, 0) is 14.9 Å². The van der Waals surface area contributed by atoms with Gasteiger partial charge in [-0.3, -0.25) is 0 Å². The van der Waals surface area contributed by atoms with Gasteiger partial charge in [-0.05, 0) is 43.9 Å². The molecule has 0 saturated carbocycles. The fourth-order valence-corrected chi connectivity index (χ4v) is 3.99. The molecule has 0 aliphatic carbocycles. The third kappa shape index (κ3) is 4.70. The van der Waals surface area contributed by atoms with E-state index in [2.05, 4.69) is 11.6 Å². The van der Waals surface area contributed by atoms with Gasteiger partial charge in [0.1, 0.15) is 0 Å². The van der Waals surface area contributed by atoms with Gasteiger partial charge in [-0.1, -0.05) is 6.92 Å². The number of nitrogens with one attached hydrogen (secondary N) is 1. The van der Waals surface area contributed by atoms with Gasteiger partial charge in [0.05, 0.1) is 0 Å². The van der Waals surface area contributed by atoms with Gasteiger partial charge in [-0.25, -0.2) is 4.72 Å². The maximum absolute atomic E-state index is 12.1. The van der Waals surface area contributed by atoms with Crippen molar-refractivity contribution in [2.45, 2.75) is 39.0 Å². The minimum atomic E-state index is -3.27. The topological polar surface area (TPSA) is 58.6 Å². The van der Waals surface area contributed by atoms with Crippen LogP contribution in [0.5, 0.6) is 0 Å². The molecule has 2 aliphatic rings. The number of nitrogens with zero attached hydrogens (tertiary/aromatic N) is 1. The van der Waals surface area contributed by atoms with E-state index in [0.29, 0.717) is 31.5 Å². The minimum absolute atomic E-state index is 0.512. The Hall–Kier alpha value is -0.170. The molecule has 1 N–H and O–H groups in total. The van der Waals surface area contributed by atoms with Crippen LogP contribution in [0.15, 0.2) is 0 Å². The lowest BCUT2D eigenvalue weighted by Crippen LogP contribution is -2.45. The van der Waals surface area contributed by atoms with Gasteiger partial charge in [0.2, 0.25) is 0 Å². The van der Waals surface area contributed by atoms with E-state index in [0.717, 1.165) is 45.3 Å². The van der Waals surface area contributed by atoms with Crippen molar-refractivity contribution in [2.24, 2.45) is 11.8 Å². The molecule has 2 saturated heterocycles. The van der Waals surface area contributed by atoms with Gasteiger partial charge in [0.25, 0.3) is 10.2 Å². The van der Waals surface area contributed by atoms with Crippen molar-refractivity contribution >= 4 is 10.2 Å². The molecule has 2 aliphatic heterocycles. The molecule has 2 rings (SSSR count). The first-order chi connectivity index (χ1) is 9.08. The fourth-order valence-electron chi connectivity index (χ4n) is 2.74. The van der Waals surface area contributed by atoms with Crippen LogP contribution in [0.1, 0.15) is 39.0 Å². The fraction of sp³-hybridized carbons (Fsp3) is 1.00. The molecule has 112 valence electrons. The standard InChI is InChI=1S/C13H26N2O3S/c1-12-5-8-15(9-6-12)19(16,17)14-7-4-13-3-2-10-18-11-13/h12-14H,2-11H2,1H3. The Labute approximate surface area is 116 Å². The van der Waals surface area contributed by atoms with Crippen molar-refractivity contribution in [3.8, 4) is 0 Å². The lowest BCUT2D eigenvalue weighted by Gasteiger charge is -2.29. The van der Waals surface area contributed by atoms with Gasteiger partial charge >= 0.3 is 0 Å². The van der Waals surface area contributed by atoms with E-state index in [1.165, 1.54) is 0 Å². The Morgan fingerprint density at radius 3 is 2.63 bits per heavy atom. The van der Waals surface area contributed by atoms with Crippen molar-refractivity contribution in [3.05, 3.63) is 0 Å². The first-order valence-electron chi connectivity index (χ1n) is 7.40. The molecule has 0 aromatic heterocycles. The van der Waals surface area contributed by atoms with Crippen molar-refractivity contribution in [3.63, 3.8) is 0 Å². The first kappa shape index (κ1) is 15.2. The van der Waals surface area contributed by atoms with Crippen LogP contribution in [0.4, 0.5) is 0 Å².